The van der Waals surface area contributed by atoms with Gasteiger partial charge in [0.2, 0.25) is 0 Å². The van der Waals surface area contributed by atoms with Crippen LogP contribution < -0.4 is 0 Å². The zero-order chi connectivity index (χ0) is 11.4. The molecule has 4 saturated heterocycles. The van der Waals surface area contributed by atoms with E-state index in [4.69, 9.17) is 0 Å². The molecular weight excluding hydrogens is 268 g/mol. The summed E-state index contributed by atoms with van der Waals surface area (Å²) in [5, 5.41) is 0. The van der Waals surface area contributed by atoms with Crippen LogP contribution in [-0.2, 0) is 4.79 Å². The zero-order valence-corrected chi connectivity index (χ0v) is 11.4. The lowest BCUT2D eigenvalue weighted by Crippen LogP contribution is -2.68. The lowest BCUT2D eigenvalue weighted by molar-refractivity contribution is -0.142. The summed E-state index contributed by atoms with van der Waals surface area (Å²) in [4.78, 5) is 17.6. The average molecular weight is 287 g/mol. The van der Waals surface area contributed by atoms with Gasteiger partial charge in [-0.1, -0.05) is 29.3 Å². The van der Waals surface area contributed by atoms with E-state index in [0.717, 1.165) is 52.1 Å². The summed E-state index contributed by atoms with van der Waals surface area (Å²) in [6.07, 6.45) is 2.16. The molecule has 0 N–H and O–H groups in total. The Morgan fingerprint density at radius 2 is 1.75 bits per heavy atom. The average Bonchev–Trinajstić information content (AvgIpc) is 2.42. The van der Waals surface area contributed by atoms with Crippen LogP contribution in [0.1, 0.15) is 19.8 Å². The topological polar surface area (TPSA) is 23.6 Å². The van der Waals surface area contributed by atoms with E-state index in [1.54, 1.807) is 0 Å². The second-order valence-corrected chi connectivity index (χ2v) is 7.26. The Kier molecular flexibility index (Phi) is 2.47. The molecule has 0 aromatic carbocycles. The molecule has 0 aliphatic carbocycles. The fourth-order valence-corrected chi connectivity index (χ4v) is 5.02. The summed E-state index contributed by atoms with van der Waals surface area (Å²) < 4.78 is -0.269. The number of carbonyl (C=O) groups excluding carboxylic acids is 1. The van der Waals surface area contributed by atoms with Crippen LogP contribution in [0.2, 0.25) is 0 Å². The summed E-state index contributed by atoms with van der Waals surface area (Å²) in [5.41, 5.74) is -0.0781. The predicted octanol–water partition coefficient (Wildman–Crippen LogP) is 1.12. The first-order valence-corrected chi connectivity index (χ1v) is 7.06. The molecule has 4 heteroatoms. The number of nitrogens with zero attached hydrogens (tertiary/aromatic N) is 2. The third-order valence-corrected chi connectivity index (χ3v) is 5.21. The summed E-state index contributed by atoms with van der Waals surface area (Å²) in [6.45, 7) is 8.25. The monoisotopic (exact) mass is 286 g/mol. The number of ketones is 1. The van der Waals surface area contributed by atoms with E-state index in [2.05, 4.69) is 32.7 Å². The van der Waals surface area contributed by atoms with Crippen molar-refractivity contribution in [3.8, 4) is 0 Å². The molecule has 0 saturated carbocycles. The van der Waals surface area contributed by atoms with E-state index in [0.29, 0.717) is 5.78 Å². The van der Waals surface area contributed by atoms with Crippen LogP contribution in [0.4, 0.5) is 0 Å². The highest BCUT2D eigenvalue weighted by Gasteiger charge is 2.59. The van der Waals surface area contributed by atoms with E-state index in [-0.39, 0.29) is 9.74 Å². The van der Waals surface area contributed by atoms with Crippen LogP contribution in [0.3, 0.4) is 0 Å². The smallest absolute Gasteiger partial charge is 0.160 e. The van der Waals surface area contributed by atoms with Crippen molar-refractivity contribution in [3.63, 3.8) is 0 Å². The van der Waals surface area contributed by atoms with Gasteiger partial charge >= 0.3 is 0 Å². The van der Waals surface area contributed by atoms with E-state index in [1.807, 2.05) is 0 Å². The molecule has 4 aliphatic rings. The standard InChI is InChI=1S/C12H19BrN2O/c1-2-3-11-6-14-4-5-15(7-11)9-12(13,8-14)10(11)16/h2-9H2,1H3. The lowest BCUT2D eigenvalue weighted by Gasteiger charge is -2.52. The van der Waals surface area contributed by atoms with Gasteiger partial charge < -0.3 is 0 Å². The van der Waals surface area contributed by atoms with Crippen LogP contribution >= 0.6 is 15.9 Å². The molecule has 4 aliphatic heterocycles. The molecule has 16 heavy (non-hydrogen) atoms. The molecule has 3 nitrogen and oxygen atoms in total. The molecule has 0 aromatic heterocycles. The lowest BCUT2D eigenvalue weighted by atomic mass is 9.68. The first-order chi connectivity index (χ1) is 7.58. The molecule has 4 fully saturated rings. The first kappa shape index (κ1) is 11.2. The van der Waals surface area contributed by atoms with Crippen molar-refractivity contribution in [2.45, 2.75) is 24.1 Å². The number of rotatable bonds is 2. The molecule has 2 unspecified atom stereocenters. The largest absolute Gasteiger partial charge is 0.299 e. The highest BCUT2D eigenvalue weighted by Crippen LogP contribution is 2.46. The van der Waals surface area contributed by atoms with Crippen LogP contribution in [0, 0.1) is 5.41 Å². The zero-order valence-electron chi connectivity index (χ0n) is 9.84. The SMILES string of the molecule is CCCC12CN3CCN(CC(Br)(C3)C1=O)C2. The number of alkyl halides is 1. The Hall–Kier alpha value is 0.0700. The fourth-order valence-electron chi connectivity index (χ4n) is 3.89. The van der Waals surface area contributed by atoms with Gasteiger partial charge in [-0.2, -0.15) is 0 Å². The second kappa shape index (κ2) is 3.53. The molecule has 4 rings (SSSR count). The van der Waals surface area contributed by atoms with E-state index >= 15 is 0 Å². The normalized spacial score (nSPS) is 50.8. The molecule has 0 spiro atoms. The Balaban J connectivity index is 2.02. The Labute approximate surface area is 105 Å². The van der Waals surface area contributed by atoms with Gasteiger partial charge in [-0.15, -0.1) is 0 Å². The van der Waals surface area contributed by atoms with Crippen molar-refractivity contribution >= 4 is 21.7 Å². The summed E-state index contributed by atoms with van der Waals surface area (Å²) >= 11 is 3.75. The number of halogens is 1. The van der Waals surface area contributed by atoms with Crippen LogP contribution in [0.25, 0.3) is 0 Å². The van der Waals surface area contributed by atoms with Gasteiger partial charge in [0.1, 0.15) is 4.32 Å². The molecule has 90 valence electrons. The number of Topliss-reactive ketones (excluding diaryl/α,β-unsaturated/α-hetero) is 1. The highest BCUT2D eigenvalue weighted by molar-refractivity contribution is 9.10. The third kappa shape index (κ3) is 1.42. The molecule has 0 amide bonds. The number of hydrogen-bond donors (Lipinski definition) is 0. The summed E-state index contributed by atoms with van der Waals surface area (Å²) in [7, 11) is 0. The second-order valence-electron chi connectivity index (χ2n) is 5.75. The van der Waals surface area contributed by atoms with Crippen molar-refractivity contribution in [3.05, 3.63) is 0 Å². The molecule has 0 radical (unpaired) electrons. The molecular formula is C12H19BrN2O. The van der Waals surface area contributed by atoms with Crippen LogP contribution in [-0.4, -0.2) is 59.2 Å². The maximum atomic E-state index is 12.7. The number of piperidine rings is 2. The number of carbonyl (C=O) groups is 1. The summed E-state index contributed by atoms with van der Waals surface area (Å²) in [6, 6.07) is 0. The van der Waals surface area contributed by atoms with Crippen molar-refractivity contribution < 1.29 is 4.79 Å². The third-order valence-electron chi connectivity index (χ3n) is 4.35. The van der Waals surface area contributed by atoms with Gasteiger partial charge in [-0.3, -0.25) is 14.6 Å². The Morgan fingerprint density at radius 1 is 1.19 bits per heavy atom. The van der Waals surface area contributed by atoms with Crippen LogP contribution in [0.5, 0.6) is 0 Å². The highest BCUT2D eigenvalue weighted by atomic mass is 79.9. The van der Waals surface area contributed by atoms with Gasteiger partial charge in [0.15, 0.2) is 5.78 Å². The van der Waals surface area contributed by atoms with E-state index in [9.17, 15) is 4.79 Å². The van der Waals surface area contributed by atoms with E-state index < -0.39 is 0 Å². The molecule has 4 heterocycles. The van der Waals surface area contributed by atoms with Crippen LogP contribution in [0.15, 0.2) is 0 Å². The van der Waals surface area contributed by atoms with Gasteiger partial charge in [0, 0.05) is 39.3 Å². The van der Waals surface area contributed by atoms with Gasteiger partial charge in [-0.25, -0.2) is 0 Å². The maximum Gasteiger partial charge on any atom is 0.160 e. The first-order valence-electron chi connectivity index (χ1n) is 6.27. The van der Waals surface area contributed by atoms with Crippen molar-refractivity contribution in [1.82, 2.24) is 9.80 Å². The van der Waals surface area contributed by atoms with Gasteiger partial charge in [-0.05, 0) is 6.42 Å². The Morgan fingerprint density at radius 3 is 2.25 bits per heavy atom. The van der Waals surface area contributed by atoms with Crippen molar-refractivity contribution in [1.29, 1.82) is 0 Å². The Bertz CT molecular complexity index is 315. The minimum atomic E-state index is -0.269. The maximum absolute atomic E-state index is 12.7. The van der Waals surface area contributed by atoms with Gasteiger partial charge in [0.05, 0.1) is 5.41 Å². The van der Waals surface area contributed by atoms with Crippen molar-refractivity contribution in [2.75, 3.05) is 39.3 Å². The summed E-state index contributed by atoms with van der Waals surface area (Å²) in [5.74, 6) is 0.483. The van der Waals surface area contributed by atoms with Gasteiger partial charge in [0.25, 0.3) is 0 Å². The molecule has 0 aromatic rings. The molecule has 4 bridgehead atoms. The quantitative estimate of drug-likeness (QED) is 0.711. The number of fused-ring (bicyclic) bond motifs is 1. The van der Waals surface area contributed by atoms with Crippen molar-refractivity contribution in [2.24, 2.45) is 5.41 Å². The molecule has 2 atom stereocenters. The predicted molar refractivity (Wildman–Crippen MR) is 66.9 cm³/mol. The number of hydrogen-bond acceptors (Lipinski definition) is 3. The van der Waals surface area contributed by atoms with E-state index in [1.165, 1.54) is 0 Å². The minimum Gasteiger partial charge on any atom is -0.299 e. The fraction of sp³-hybridized carbons (Fsp3) is 0.917. The minimum absolute atomic E-state index is 0.0781.